The summed E-state index contributed by atoms with van der Waals surface area (Å²) < 4.78 is 0. The van der Waals surface area contributed by atoms with Crippen LogP contribution in [0.15, 0.2) is 18.2 Å². The van der Waals surface area contributed by atoms with Crippen LogP contribution >= 0.6 is 0 Å². The van der Waals surface area contributed by atoms with Crippen LogP contribution in [-0.4, -0.2) is 18.0 Å². The Bertz CT molecular complexity index is 436. The Morgan fingerprint density at radius 3 is 2.71 bits per heavy atom. The van der Waals surface area contributed by atoms with E-state index in [1.807, 2.05) is 32.0 Å². The Morgan fingerprint density at radius 2 is 2.12 bits per heavy atom. The number of hydrogen-bond donors (Lipinski definition) is 2. The van der Waals surface area contributed by atoms with Gasteiger partial charge < -0.3 is 10.6 Å². The third-order valence-electron chi connectivity index (χ3n) is 3.20. The molecule has 0 unspecified atom stereocenters. The summed E-state index contributed by atoms with van der Waals surface area (Å²) in [5.74, 6) is 0.0287. The standard InChI is InChI=1S/C14H20N2O/c1-4-15-12-9-10(2)5-6-11(12)13(17)16-14(3)7-8-14/h5-6,9,15H,4,7-8H2,1-3H3,(H,16,17). The summed E-state index contributed by atoms with van der Waals surface area (Å²) in [7, 11) is 0. The number of hydrogen-bond acceptors (Lipinski definition) is 2. The lowest BCUT2D eigenvalue weighted by Gasteiger charge is -2.15. The van der Waals surface area contributed by atoms with Crippen molar-refractivity contribution in [2.24, 2.45) is 0 Å². The van der Waals surface area contributed by atoms with Gasteiger partial charge in [-0.05, 0) is 51.3 Å². The molecule has 0 bridgehead atoms. The second-order valence-electron chi connectivity index (χ2n) is 5.09. The van der Waals surface area contributed by atoms with Crippen LogP contribution in [0.2, 0.25) is 0 Å². The lowest BCUT2D eigenvalue weighted by Crippen LogP contribution is -2.34. The molecule has 1 amide bonds. The van der Waals surface area contributed by atoms with E-state index in [1.165, 1.54) is 0 Å². The molecule has 0 aromatic heterocycles. The molecule has 3 heteroatoms. The molecule has 1 fully saturated rings. The number of anilines is 1. The van der Waals surface area contributed by atoms with Gasteiger partial charge in [-0.25, -0.2) is 0 Å². The minimum Gasteiger partial charge on any atom is -0.385 e. The van der Waals surface area contributed by atoms with Gasteiger partial charge in [0.2, 0.25) is 0 Å². The fourth-order valence-corrected chi connectivity index (χ4v) is 1.85. The van der Waals surface area contributed by atoms with Crippen molar-refractivity contribution in [3.8, 4) is 0 Å². The van der Waals surface area contributed by atoms with E-state index in [4.69, 9.17) is 0 Å². The first kappa shape index (κ1) is 12.0. The molecular formula is C14H20N2O. The van der Waals surface area contributed by atoms with E-state index in [1.54, 1.807) is 0 Å². The van der Waals surface area contributed by atoms with Crippen molar-refractivity contribution >= 4 is 11.6 Å². The van der Waals surface area contributed by atoms with Crippen molar-refractivity contribution < 1.29 is 4.79 Å². The Balaban J connectivity index is 2.20. The van der Waals surface area contributed by atoms with E-state index in [-0.39, 0.29) is 11.4 Å². The zero-order valence-electron chi connectivity index (χ0n) is 10.8. The van der Waals surface area contributed by atoms with Gasteiger partial charge >= 0.3 is 0 Å². The van der Waals surface area contributed by atoms with Gasteiger partial charge in [0.25, 0.3) is 5.91 Å². The second kappa shape index (κ2) is 4.40. The van der Waals surface area contributed by atoms with Gasteiger partial charge in [-0.1, -0.05) is 6.07 Å². The van der Waals surface area contributed by atoms with Crippen LogP contribution in [0.5, 0.6) is 0 Å². The minimum atomic E-state index is 0.0287. The molecule has 0 spiro atoms. The van der Waals surface area contributed by atoms with Crippen molar-refractivity contribution in [3.05, 3.63) is 29.3 Å². The van der Waals surface area contributed by atoms with Crippen LogP contribution < -0.4 is 10.6 Å². The lowest BCUT2D eigenvalue weighted by molar-refractivity contribution is 0.0936. The number of rotatable bonds is 4. The average molecular weight is 232 g/mol. The molecule has 1 saturated carbocycles. The van der Waals surface area contributed by atoms with Crippen molar-refractivity contribution in [1.82, 2.24) is 5.32 Å². The Morgan fingerprint density at radius 1 is 1.41 bits per heavy atom. The maximum absolute atomic E-state index is 12.2. The quantitative estimate of drug-likeness (QED) is 0.838. The third kappa shape index (κ3) is 2.78. The van der Waals surface area contributed by atoms with E-state index in [0.29, 0.717) is 0 Å². The van der Waals surface area contributed by atoms with Crippen molar-refractivity contribution in [2.75, 3.05) is 11.9 Å². The second-order valence-corrected chi connectivity index (χ2v) is 5.09. The average Bonchev–Trinajstić information content (AvgIpc) is 2.96. The van der Waals surface area contributed by atoms with Gasteiger partial charge in [0.15, 0.2) is 0 Å². The number of benzene rings is 1. The van der Waals surface area contributed by atoms with E-state index < -0.39 is 0 Å². The van der Waals surface area contributed by atoms with Gasteiger partial charge in [0.05, 0.1) is 5.56 Å². The number of carbonyl (C=O) groups excluding carboxylic acids is 1. The molecule has 1 aromatic carbocycles. The summed E-state index contributed by atoms with van der Waals surface area (Å²) in [5, 5.41) is 6.33. The molecule has 17 heavy (non-hydrogen) atoms. The summed E-state index contributed by atoms with van der Waals surface area (Å²) >= 11 is 0. The Kier molecular flexibility index (Phi) is 3.09. The van der Waals surface area contributed by atoms with Gasteiger partial charge in [0.1, 0.15) is 0 Å². The van der Waals surface area contributed by atoms with Gasteiger partial charge in [-0.2, -0.15) is 0 Å². The van der Waals surface area contributed by atoms with Crippen molar-refractivity contribution in [2.45, 2.75) is 39.2 Å². The smallest absolute Gasteiger partial charge is 0.253 e. The van der Waals surface area contributed by atoms with Crippen LogP contribution in [-0.2, 0) is 0 Å². The molecular weight excluding hydrogens is 212 g/mol. The molecule has 1 aliphatic rings. The largest absolute Gasteiger partial charge is 0.385 e. The van der Waals surface area contributed by atoms with Crippen LogP contribution in [0.4, 0.5) is 5.69 Å². The van der Waals surface area contributed by atoms with E-state index >= 15 is 0 Å². The highest BCUT2D eigenvalue weighted by molar-refractivity contribution is 6.00. The van der Waals surface area contributed by atoms with E-state index in [2.05, 4.69) is 17.6 Å². The summed E-state index contributed by atoms with van der Waals surface area (Å²) in [4.78, 5) is 12.2. The molecule has 0 atom stereocenters. The molecule has 0 aliphatic heterocycles. The lowest BCUT2D eigenvalue weighted by atomic mass is 10.1. The van der Waals surface area contributed by atoms with Crippen molar-refractivity contribution in [3.63, 3.8) is 0 Å². The molecule has 2 N–H and O–H groups in total. The highest BCUT2D eigenvalue weighted by atomic mass is 16.1. The fraction of sp³-hybridized carbons (Fsp3) is 0.500. The molecule has 3 nitrogen and oxygen atoms in total. The molecule has 1 aromatic rings. The Labute approximate surface area is 103 Å². The summed E-state index contributed by atoms with van der Waals surface area (Å²) in [6.45, 7) is 6.98. The molecule has 2 rings (SSSR count). The third-order valence-corrected chi connectivity index (χ3v) is 3.20. The van der Waals surface area contributed by atoms with Crippen LogP contribution in [0.25, 0.3) is 0 Å². The van der Waals surface area contributed by atoms with Gasteiger partial charge in [-0.3, -0.25) is 4.79 Å². The zero-order chi connectivity index (χ0) is 12.5. The molecule has 0 saturated heterocycles. The maximum Gasteiger partial charge on any atom is 0.253 e. The molecule has 92 valence electrons. The van der Waals surface area contributed by atoms with Gasteiger partial charge in [-0.15, -0.1) is 0 Å². The summed E-state index contributed by atoms with van der Waals surface area (Å²) in [6.07, 6.45) is 2.17. The molecule has 0 heterocycles. The summed E-state index contributed by atoms with van der Waals surface area (Å²) in [5.41, 5.74) is 2.86. The normalized spacial score (nSPS) is 16.4. The number of aryl methyl sites for hydroxylation is 1. The van der Waals surface area contributed by atoms with Crippen LogP contribution in [0.3, 0.4) is 0 Å². The SMILES string of the molecule is CCNc1cc(C)ccc1C(=O)NC1(C)CC1. The fourth-order valence-electron chi connectivity index (χ4n) is 1.85. The number of carbonyl (C=O) groups is 1. The summed E-state index contributed by atoms with van der Waals surface area (Å²) in [6, 6.07) is 5.90. The first-order valence-corrected chi connectivity index (χ1v) is 6.21. The number of amides is 1. The first-order chi connectivity index (χ1) is 8.04. The first-order valence-electron chi connectivity index (χ1n) is 6.21. The molecule has 0 radical (unpaired) electrons. The van der Waals surface area contributed by atoms with Crippen molar-refractivity contribution in [1.29, 1.82) is 0 Å². The highest BCUT2D eigenvalue weighted by Crippen LogP contribution is 2.34. The van der Waals surface area contributed by atoms with E-state index in [9.17, 15) is 4.79 Å². The monoisotopic (exact) mass is 232 g/mol. The topological polar surface area (TPSA) is 41.1 Å². The zero-order valence-corrected chi connectivity index (χ0v) is 10.8. The predicted octanol–water partition coefficient (Wildman–Crippen LogP) is 2.71. The van der Waals surface area contributed by atoms with Crippen LogP contribution in [0.1, 0.15) is 42.6 Å². The minimum absolute atomic E-state index is 0.0287. The molecule has 1 aliphatic carbocycles. The number of nitrogens with one attached hydrogen (secondary N) is 2. The van der Waals surface area contributed by atoms with Crippen LogP contribution in [0, 0.1) is 6.92 Å². The van der Waals surface area contributed by atoms with Gasteiger partial charge in [0, 0.05) is 17.8 Å². The maximum atomic E-state index is 12.2. The van der Waals surface area contributed by atoms with E-state index in [0.717, 1.165) is 36.2 Å². The Hall–Kier alpha value is -1.51. The highest BCUT2D eigenvalue weighted by Gasteiger charge is 2.39. The predicted molar refractivity (Wildman–Crippen MR) is 70.4 cm³/mol.